The third-order valence-electron chi connectivity index (χ3n) is 2.60. The highest BCUT2D eigenvalue weighted by molar-refractivity contribution is 5.95. The summed E-state index contributed by atoms with van der Waals surface area (Å²) in [4.78, 5) is 11.7. The van der Waals surface area contributed by atoms with Crippen LogP contribution in [-0.4, -0.2) is 28.8 Å². The lowest BCUT2D eigenvalue weighted by molar-refractivity contribution is -0.124. The zero-order valence-corrected chi connectivity index (χ0v) is 8.96. The largest absolute Gasteiger partial charge is 0.368 e. The summed E-state index contributed by atoms with van der Waals surface area (Å²) in [7, 11) is 0. The molecule has 1 amide bonds. The van der Waals surface area contributed by atoms with E-state index in [1.54, 1.807) is 0 Å². The molecule has 0 aliphatic carbocycles. The van der Waals surface area contributed by atoms with Gasteiger partial charge in [0.2, 0.25) is 0 Å². The van der Waals surface area contributed by atoms with Crippen LogP contribution in [0.4, 0.5) is 5.69 Å². The van der Waals surface area contributed by atoms with Gasteiger partial charge in [0.05, 0.1) is 17.1 Å². The second kappa shape index (κ2) is 4.02. The summed E-state index contributed by atoms with van der Waals surface area (Å²) in [6.07, 6.45) is 1.47. The summed E-state index contributed by atoms with van der Waals surface area (Å²) in [6, 6.07) is 0. The summed E-state index contributed by atoms with van der Waals surface area (Å²) in [5.41, 5.74) is 2.45. The molecule has 1 aromatic heterocycles. The number of anilines is 1. The van der Waals surface area contributed by atoms with Crippen LogP contribution in [0, 0.1) is 13.8 Å². The number of carbonyl (C=O) groups excluding carboxylic acids is 1. The Morgan fingerprint density at radius 3 is 2.93 bits per heavy atom. The second-order valence-corrected chi connectivity index (χ2v) is 3.80. The number of aryl methyl sites for hydroxylation is 2. The molecule has 1 saturated heterocycles. The van der Waals surface area contributed by atoms with Gasteiger partial charge in [0.25, 0.3) is 5.91 Å². The molecule has 5 nitrogen and oxygen atoms in total. The van der Waals surface area contributed by atoms with Gasteiger partial charge in [-0.15, -0.1) is 0 Å². The molecule has 1 atom stereocenters. The molecular weight excluding hydrogens is 194 g/mol. The highest BCUT2D eigenvalue weighted by Gasteiger charge is 2.24. The van der Waals surface area contributed by atoms with E-state index in [2.05, 4.69) is 15.5 Å². The van der Waals surface area contributed by atoms with Crippen molar-refractivity contribution < 1.29 is 9.53 Å². The summed E-state index contributed by atoms with van der Waals surface area (Å²) in [6.45, 7) is 4.42. The van der Waals surface area contributed by atoms with Gasteiger partial charge < -0.3 is 10.1 Å². The van der Waals surface area contributed by atoms with E-state index in [1.807, 2.05) is 13.8 Å². The Bertz CT molecular complexity index is 347. The Balaban J connectivity index is 2.05. The quantitative estimate of drug-likeness (QED) is 0.767. The third kappa shape index (κ3) is 2.02. The molecular formula is C10H15N3O2. The number of aromatic nitrogens is 2. The number of ether oxygens (including phenoxy) is 1. The Labute approximate surface area is 88.2 Å². The van der Waals surface area contributed by atoms with Crippen LogP contribution in [0.25, 0.3) is 0 Å². The Hall–Kier alpha value is -1.36. The van der Waals surface area contributed by atoms with Gasteiger partial charge in [0.15, 0.2) is 0 Å². The highest BCUT2D eigenvalue weighted by Crippen LogP contribution is 2.19. The predicted molar refractivity (Wildman–Crippen MR) is 55.7 cm³/mol. The zero-order chi connectivity index (χ0) is 10.8. The van der Waals surface area contributed by atoms with E-state index >= 15 is 0 Å². The predicted octanol–water partition coefficient (Wildman–Crippen LogP) is 1.14. The fourth-order valence-electron chi connectivity index (χ4n) is 1.72. The van der Waals surface area contributed by atoms with Crippen LogP contribution in [-0.2, 0) is 9.53 Å². The normalized spacial score (nSPS) is 20.5. The fourth-order valence-corrected chi connectivity index (χ4v) is 1.72. The van der Waals surface area contributed by atoms with Gasteiger partial charge in [-0.3, -0.25) is 9.89 Å². The van der Waals surface area contributed by atoms with Crippen LogP contribution in [0.15, 0.2) is 0 Å². The summed E-state index contributed by atoms with van der Waals surface area (Å²) in [5.74, 6) is -0.0694. The van der Waals surface area contributed by atoms with Crippen LogP contribution in [0.2, 0.25) is 0 Å². The van der Waals surface area contributed by atoms with E-state index in [1.165, 1.54) is 0 Å². The smallest absolute Gasteiger partial charge is 0.253 e. The van der Waals surface area contributed by atoms with Gasteiger partial charge in [-0.25, -0.2) is 0 Å². The van der Waals surface area contributed by atoms with Crippen molar-refractivity contribution >= 4 is 11.6 Å². The maximum Gasteiger partial charge on any atom is 0.253 e. The number of aromatic amines is 1. The number of nitrogens with zero attached hydrogens (tertiary/aromatic N) is 1. The molecule has 82 valence electrons. The average Bonchev–Trinajstić information content (AvgIpc) is 2.82. The summed E-state index contributed by atoms with van der Waals surface area (Å²) < 4.78 is 5.30. The first-order valence-corrected chi connectivity index (χ1v) is 5.12. The maximum atomic E-state index is 11.7. The van der Waals surface area contributed by atoms with Gasteiger partial charge >= 0.3 is 0 Å². The van der Waals surface area contributed by atoms with E-state index in [9.17, 15) is 4.79 Å². The van der Waals surface area contributed by atoms with E-state index < -0.39 is 0 Å². The lowest BCUT2D eigenvalue weighted by Gasteiger charge is -2.10. The molecule has 0 radical (unpaired) electrons. The molecule has 0 bridgehead atoms. The molecule has 2 heterocycles. The van der Waals surface area contributed by atoms with Crippen LogP contribution in [0.5, 0.6) is 0 Å². The first-order valence-electron chi connectivity index (χ1n) is 5.12. The van der Waals surface area contributed by atoms with Crippen LogP contribution in [0.3, 0.4) is 0 Å². The van der Waals surface area contributed by atoms with Crippen molar-refractivity contribution in [1.29, 1.82) is 0 Å². The molecule has 1 aliphatic rings. The van der Waals surface area contributed by atoms with Crippen molar-refractivity contribution in [3.8, 4) is 0 Å². The molecule has 2 rings (SSSR count). The molecule has 0 aromatic carbocycles. The van der Waals surface area contributed by atoms with Gasteiger partial charge in [-0.2, -0.15) is 5.10 Å². The molecule has 1 fully saturated rings. The lowest BCUT2D eigenvalue weighted by Crippen LogP contribution is -2.27. The van der Waals surface area contributed by atoms with Gasteiger partial charge in [-0.05, 0) is 26.7 Å². The standard InChI is InChI=1S/C10H15N3O2/c1-6-9(7(2)13-12-6)11-10(14)8-4-3-5-15-8/h8H,3-5H2,1-2H3,(H,11,14)(H,12,13). The van der Waals surface area contributed by atoms with E-state index in [4.69, 9.17) is 4.74 Å². The molecule has 1 unspecified atom stereocenters. The molecule has 1 aliphatic heterocycles. The zero-order valence-electron chi connectivity index (χ0n) is 8.96. The van der Waals surface area contributed by atoms with Crippen LogP contribution >= 0.6 is 0 Å². The highest BCUT2D eigenvalue weighted by atomic mass is 16.5. The monoisotopic (exact) mass is 209 g/mol. The molecule has 5 heteroatoms. The number of H-pyrrole nitrogens is 1. The van der Waals surface area contributed by atoms with E-state index in [-0.39, 0.29) is 12.0 Å². The summed E-state index contributed by atoms with van der Waals surface area (Å²) in [5, 5.41) is 9.69. The van der Waals surface area contributed by atoms with Crippen LogP contribution < -0.4 is 5.32 Å². The number of rotatable bonds is 2. The topological polar surface area (TPSA) is 67.0 Å². The average molecular weight is 209 g/mol. The Morgan fingerprint density at radius 1 is 1.60 bits per heavy atom. The Morgan fingerprint density at radius 2 is 2.40 bits per heavy atom. The van der Waals surface area contributed by atoms with Gasteiger partial charge in [0, 0.05) is 6.61 Å². The third-order valence-corrected chi connectivity index (χ3v) is 2.60. The van der Waals surface area contributed by atoms with Crippen molar-refractivity contribution in [3.63, 3.8) is 0 Å². The van der Waals surface area contributed by atoms with Crippen molar-refractivity contribution in [3.05, 3.63) is 11.4 Å². The SMILES string of the molecule is Cc1n[nH]c(C)c1NC(=O)C1CCCO1. The Kier molecular flexibility index (Phi) is 2.73. The molecule has 15 heavy (non-hydrogen) atoms. The van der Waals surface area contributed by atoms with Gasteiger partial charge in [0.1, 0.15) is 6.10 Å². The van der Waals surface area contributed by atoms with E-state index in [0.29, 0.717) is 6.61 Å². The molecule has 1 aromatic rings. The lowest BCUT2D eigenvalue weighted by atomic mass is 10.2. The van der Waals surface area contributed by atoms with Crippen molar-refractivity contribution in [2.75, 3.05) is 11.9 Å². The van der Waals surface area contributed by atoms with Crippen molar-refractivity contribution in [2.24, 2.45) is 0 Å². The number of carbonyl (C=O) groups is 1. The first kappa shape index (κ1) is 10.2. The van der Waals surface area contributed by atoms with Gasteiger partial charge in [-0.1, -0.05) is 0 Å². The maximum absolute atomic E-state index is 11.7. The second-order valence-electron chi connectivity index (χ2n) is 3.80. The first-order chi connectivity index (χ1) is 7.18. The van der Waals surface area contributed by atoms with Crippen molar-refractivity contribution in [1.82, 2.24) is 10.2 Å². The number of nitrogens with one attached hydrogen (secondary N) is 2. The minimum Gasteiger partial charge on any atom is -0.368 e. The minimum absolute atomic E-state index is 0.0694. The minimum atomic E-state index is -0.293. The molecule has 0 saturated carbocycles. The van der Waals surface area contributed by atoms with Crippen molar-refractivity contribution in [2.45, 2.75) is 32.8 Å². The molecule has 2 N–H and O–H groups in total. The van der Waals surface area contributed by atoms with Crippen LogP contribution in [0.1, 0.15) is 24.2 Å². The number of hydrogen-bond acceptors (Lipinski definition) is 3. The summed E-state index contributed by atoms with van der Waals surface area (Å²) >= 11 is 0. The number of amides is 1. The fraction of sp³-hybridized carbons (Fsp3) is 0.600. The van der Waals surface area contributed by atoms with E-state index in [0.717, 1.165) is 29.9 Å². The number of hydrogen-bond donors (Lipinski definition) is 2. The molecule has 0 spiro atoms.